The first kappa shape index (κ1) is 18.2. The van der Waals surface area contributed by atoms with E-state index in [1.54, 1.807) is 0 Å². The smallest absolute Gasteiger partial charge is 0.286 e. The maximum atomic E-state index is 11.9. The second-order valence-corrected chi connectivity index (χ2v) is 7.34. The van der Waals surface area contributed by atoms with Crippen molar-refractivity contribution >= 4 is 28.8 Å². The molecule has 1 heterocycles. The van der Waals surface area contributed by atoms with E-state index >= 15 is 0 Å². The zero-order chi connectivity index (χ0) is 18.4. The van der Waals surface area contributed by atoms with Crippen molar-refractivity contribution in [3.63, 3.8) is 0 Å². The fourth-order valence-corrected chi connectivity index (χ4v) is 3.63. The van der Waals surface area contributed by atoms with Crippen LogP contribution in [0.3, 0.4) is 0 Å². The molecule has 0 bridgehead atoms. The van der Waals surface area contributed by atoms with E-state index in [9.17, 15) is 14.4 Å². The maximum Gasteiger partial charge on any atom is 0.286 e. The molecular formula is C20H20N2O3S. The van der Waals surface area contributed by atoms with E-state index in [1.807, 2.05) is 54.6 Å². The van der Waals surface area contributed by atoms with E-state index in [0.29, 0.717) is 19.4 Å². The third kappa shape index (κ3) is 5.20. The summed E-state index contributed by atoms with van der Waals surface area (Å²) in [6.07, 6.45) is 1.67. The zero-order valence-corrected chi connectivity index (χ0v) is 15.1. The Balaban J connectivity index is 1.42. The van der Waals surface area contributed by atoms with Crippen molar-refractivity contribution in [2.75, 3.05) is 6.54 Å². The van der Waals surface area contributed by atoms with Crippen LogP contribution in [0.1, 0.15) is 16.7 Å². The van der Waals surface area contributed by atoms with Crippen molar-refractivity contribution in [3.05, 3.63) is 71.3 Å². The lowest BCUT2D eigenvalue weighted by atomic mass is 10.1. The molecule has 134 valence electrons. The molecule has 1 aliphatic rings. The molecule has 1 aliphatic heterocycles. The van der Waals surface area contributed by atoms with Crippen LogP contribution in [0.15, 0.2) is 54.6 Å². The first-order chi connectivity index (χ1) is 12.6. The Morgan fingerprint density at radius 2 is 1.65 bits per heavy atom. The molecule has 1 saturated heterocycles. The summed E-state index contributed by atoms with van der Waals surface area (Å²) in [4.78, 5) is 34.7. The van der Waals surface area contributed by atoms with Gasteiger partial charge < -0.3 is 5.32 Å². The van der Waals surface area contributed by atoms with Crippen LogP contribution in [0, 0.1) is 0 Å². The van der Waals surface area contributed by atoms with Crippen LogP contribution in [0.5, 0.6) is 0 Å². The lowest BCUT2D eigenvalue weighted by Gasteiger charge is -2.08. The summed E-state index contributed by atoms with van der Waals surface area (Å²) in [5, 5.41) is 4.61. The summed E-state index contributed by atoms with van der Waals surface area (Å²) in [6, 6.07) is 17.6. The van der Waals surface area contributed by atoms with Gasteiger partial charge in [-0.25, -0.2) is 0 Å². The number of carbonyl (C=O) groups is 3. The van der Waals surface area contributed by atoms with Gasteiger partial charge in [-0.2, -0.15) is 0 Å². The van der Waals surface area contributed by atoms with Crippen molar-refractivity contribution in [1.82, 2.24) is 10.6 Å². The number of rotatable bonds is 7. The second-order valence-electron chi connectivity index (χ2n) is 6.17. The van der Waals surface area contributed by atoms with Gasteiger partial charge in [0.15, 0.2) is 0 Å². The Labute approximate surface area is 156 Å². The van der Waals surface area contributed by atoms with Crippen molar-refractivity contribution in [2.24, 2.45) is 0 Å². The standard InChI is InChI=1S/C20H20N2O3S/c23-18(13-15-4-2-1-3-5-15)21-11-10-14-6-8-16(9-7-14)12-17-19(24)22-20(25)26-17/h1-9,17H,10-13H2,(H,21,23)(H,22,24,25). The Morgan fingerprint density at radius 1 is 0.962 bits per heavy atom. The van der Waals surface area contributed by atoms with Crippen LogP contribution in [-0.2, 0) is 28.9 Å². The van der Waals surface area contributed by atoms with Gasteiger partial charge in [-0.3, -0.25) is 19.7 Å². The summed E-state index contributed by atoms with van der Waals surface area (Å²) in [5.41, 5.74) is 3.14. The van der Waals surface area contributed by atoms with Gasteiger partial charge >= 0.3 is 0 Å². The van der Waals surface area contributed by atoms with Gasteiger partial charge in [0.05, 0.1) is 11.7 Å². The summed E-state index contributed by atoms with van der Waals surface area (Å²) < 4.78 is 0. The molecule has 0 radical (unpaired) electrons. The molecule has 2 aromatic carbocycles. The van der Waals surface area contributed by atoms with E-state index < -0.39 is 0 Å². The number of benzene rings is 2. The summed E-state index contributed by atoms with van der Waals surface area (Å²) >= 11 is 1.04. The van der Waals surface area contributed by atoms with Crippen LogP contribution in [0.25, 0.3) is 0 Å². The van der Waals surface area contributed by atoms with Crippen LogP contribution < -0.4 is 10.6 Å². The highest BCUT2D eigenvalue weighted by atomic mass is 32.2. The Hall–Kier alpha value is -2.60. The Morgan fingerprint density at radius 3 is 2.31 bits per heavy atom. The molecule has 3 rings (SSSR count). The fourth-order valence-electron chi connectivity index (χ4n) is 2.77. The van der Waals surface area contributed by atoms with E-state index in [1.165, 1.54) is 0 Å². The maximum absolute atomic E-state index is 11.9. The Bertz CT molecular complexity index is 790. The fraction of sp³-hybridized carbons (Fsp3) is 0.250. The lowest BCUT2D eigenvalue weighted by Crippen LogP contribution is -2.27. The van der Waals surface area contributed by atoms with E-state index in [0.717, 1.165) is 34.9 Å². The molecule has 0 aliphatic carbocycles. The van der Waals surface area contributed by atoms with Gasteiger partial charge in [0.2, 0.25) is 11.8 Å². The average molecular weight is 368 g/mol. The monoisotopic (exact) mass is 368 g/mol. The molecule has 2 N–H and O–H groups in total. The van der Waals surface area contributed by atoms with E-state index in [-0.39, 0.29) is 22.3 Å². The third-order valence-corrected chi connectivity index (χ3v) is 5.14. The van der Waals surface area contributed by atoms with Crippen LogP contribution in [-0.4, -0.2) is 28.8 Å². The Kier molecular flexibility index (Phi) is 6.07. The molecule has 3 amide bonds. The number of hydrogen-bond acceptors (Lipinski definition) is 4. The SMILES string of the molecule is O=C(Cc1ccccc1)NCCc1ccc(CC2SC(=O)NC2=O)cc1. The highest BCUT2D eigenvalue weighted by molar-refractivity contribution is 8.15. The molecule has 0 saturated carbocycles. The molecule has 2 aromatic rings. The molecule has 5 nitrogen and oxygen atoms in total. The second kappa shape index (κ2) is 8.67. The molecular weight excluding hydrogens is 348 g/mol. The van der Waals surface area contributed by atoms with Gasteiger partial charge in [0.25, 0.3) is 5.24 Å². The number of hydrogen-bond donors (Lipinski definition) is 2. The van der Waals surface area contributed by atoms with Crippen molar-refractivity contribution < 1.29 is 14.4 Å². The molecule has 6 heteroatoms. The minimum Gasteiger partial charge on any atom is -0.355 e. The van der Waals surface area contributed by atoms with E-state index in [4.69, 9.17) is 0 Å². The van der Waals surface area contributed by atoms with Gasteiger partial charge in [0.1, 0.15) is 0 Å². The van der Waals surface area contributed by atoms with Crippen molar-refractivity contribution in [2.45, 2.75) is 24.5 Å². The van der Waals surface area contributed by atoms with Crippen LogP contribution in [0.2, 0.25) is 0 Å². The van der Waals surface area contributed by atoms with Crippen LogP contribution >= 0.6 is 11.8 Å². The summed E-state index contributed by atoms with van der Waals surface area (Å²) in [6.45, 7) is 0.584. The first-order valence-electron chi connectivity index (χ1n) is 8.50. The first-order valence-corrected chi connectivity index (χ1v) is 9.38. The van der Waals surface area contributed by atoms with Crippen LogP contribution in [0.4, 0.5) is 4.79 Å². The predicted molar refractivity (Wildman–Crippen MR) is 102 cm³/mol. The number of imide groups is 1. The van der Waals surface area contributed by atoms with E-state index in [2.05, 4.69) is 10.6 Å². The van der Waals surface area contributed by atoms with Gasteiger partial charge in [-0.15, -0.1) is 0 Å². The topological polar surface area (TPSA) is 75.3 Å². The van der Waals surface area contributed by atoms with Crippen molar-refractivity contribution in [3.8, 4) is 0 Å². The average Bonchev–Trinajstić information content (AvgIpc) is 2.94. The highest BCUT2D eigenvalue weighted by Crippen LogP contribution is 2.23. The third-order valence-electron chi connectivity index (χ3n) is 4.15. The molecule has 26 heavy (non-hydrogen) atoms. The quantitative estimate of drug-likeness (QED) is 0.787. The number of thioether (sulfide) groups is 1. The largest absolute Gasteiger partial charge is 0.355 e. The number of carbonyl (C=O) groups excluding carboxylic acids is 3. The van der Waals surface area contributed by atoms with Gasteiger partial charge in [0, 0.05) is 6.54 Å². The number of amides is 3. The minimum absolute atomic E-state index is 0.0155. The molecule has 0 aromatic heterocycles. The normalized spacial score (nSPS) is 16.4. The summed E-state index contributed by atoms with van der Waals surface area (Å²) in [5.74, 6) is -0.202. The highest BCUT2D eigenvalue weighted by Gasteiger charge is 2.31. The molecule has 1 unspecified atom stereocenters. The van der Waals surface area contributed by atoms with Crippen molar-refractivity contribution in [1.29, 1.82) is 0 Å². The van der Waals surface area contributed by atoms with Gasteiger partial charge in [-0.05, 0) is 29.5 Å². The minimum atomic E-state index is -0.342. The summed E-state index contributed by atoms with van der Waals surface area (Å²) in [7, 11) is 0. The predicted octanol–water partition coefficient (Wildman–Crippen LogP) is 2.48. The number of nitrogens with one attached hydrogen (secondary N) is 2. The van der Waals surface area contributed by atoms with Gasteiger partial charge in [-0.1, -0.05) is 66.4 Å². The molecule has 1 atom stereocenters. The lowest BCUT2D eigenvalue weighted by molar-refractivity contribution is -0.120. The molecule has 1 fully saturated rings. The molecule has 0 spiro atoms. The zero-order valence-electron chi connectivity index (χ0n) is 14.2.